The van der Waals surface area contributed by atoms with E-state index in [0.717, 1.165) is 5.56 Å². The fourth-order valence-corrected chi connectivity index (χ4v) is 1.60. The van der Waals surface area contributed by atoms with Gasteiger partial charge in [0.05, 0.1) is 6.42 Å². The maximum atomic E-state index is 10.5. The number of benzene rings is 1. The van der Waals surface area contributed by atoms with Gasteiger partial charge >= 0.3 is 5.97 Å². The van der Waals surface area contributed by atoms with Gasteiger partial charge in [-0.05, 0) is 22.5 Å². The van der Waals surface area contributed by atoms with Crippen molar-refractivity contribution in [2.45, 2.75) is 40.0 Å². The van der Waals surface area contributed by atoms with Crippen LogP contribution in [0.3, 0.4) is 0 Å². The average molecular weight is 220 g/mol. The highest BCUT2D eigenvalue weighted by Gasteiger charge is 2.21. The lowest BCUT2D eigenvalue weighted by Gasteiger charge is -2.27. The van der Waals surface area contributed by atoms with Gasteiger partial charge in [0.15, 0.2) is 0 Å². The molecular formula is C14H20O2. The second-order valence-corrected chi connectivity index (χ2v) is 5.40. The third-order valence-corrected chi connectivity index (χ3v) is 3.13. The molecule has 0 aliphatic carbocycles. The van der Waals surface area contributed by atoms with Crippen LogP contribution in [-0.4, -0.2) is 11.1 Å². The minimum atomic E-state index is -0.781. The lowest BCUT2D eigenvalue weighted by molar-refractivity contribution is -0.136. The second kappa shape index (κ2) is 4.69. The lowest BCUT2D eigenvalue weighted by Crippen LogP contribution is -2.15. The van der Waals surface area contributed by atoms with E-state index in [9.17, 15) is 4.79 Å². The minimum absolute atomic E-state index is 0.101. The van der Waals surface area contributed by atoms with E-state index in [1.54, 1.807) is 0 Å². The van der Waals surface area contributed by atoms with Crippen LogP contribution in [0.1, 0.15) is 44.7 Å². The van der Waals surface area contributed by atoms with Crippen LogP contribution < -0.4 is 0 Å². The lowest BCUT2D eigenvalue weighted by atomic mass is 9.78. The predicted octanol–water partition coefficient (Wildman–Crippen LogP) is 3.46. The van der Waals surface area contributed by atoms with E-state index in [1.165, 1.54) is 5.56 Å². The Bertz CT molecular complexity index is 357. The Morgan fingerprint density at radius 1 is 1.25 bits per heavy atom. The third-order valence-electron chi connectivity index (χ3n) is 3.13. The summed E-state index contributed by atoms with van der Waals surface area (Å²) in [6.45, 7) is 8.83. The smallest absolute Gasteiger partial charge is 0.307 e. The summed E-state index contributed by atoms with van der Waals surface area (Å²) in [5.41, 5.74) is 2.35. The molecule has 0 radical (unpaired) electrons. The van der Waals surface area contributed by atoms with Crippen molar-refractivity contribution in [1.29, 1.82) is 0 Å². The first kappa shape index (κ1) is 12.8. The summed E-state index contributed by atoms with van der Waals surface area (Å²) in [5.74, 6) is -0.317. The highest BCUT2D eigenvalue weighted by molar-refractivity contribution is 5.70. The van der Waals surface area contributed by atoms with Gasteiger partial charge in [-0.15, -0.1) is 0 Å². The molecule has 1 aromatic rings. The number of aliphatic carboxylic acids is 1. The highest BCUT2D eigenvalue weighted by Crippen LogP contribution is 2.34. The molecule has 1 aromatic carbocycles. The number of hydrogen-bond donors (Lipinski definition) is 1. The fraction of sp³-hybridized carbons (Fsp3) is 0.500. The molecule has 0 heterocycles. The second-order valence-electron chi connectivity index (χ2n) is 5.40. The molecule has 0 fully saturated rings. The van der Waals surface area contributed by atoms with Crippen molar-refractivity contribution in [2.24, 2.45) is 5.41 Å². The zero-order valence-corrected chi connectivity index (χ0v) is 10.4. The molecule has 0 spiro atoms. The van der Waals surface area contributed by atoms with E-state index in [-0.39, 0.29) is 11.8 Å². The van der Waals surface area contributed by atoms with Crippen molar-refractivity contribution in [3.8, 4) is 0 Å². The minimum Gasteiger partial charge on any atom is -0.481 e. The zero-order valence-electron chi connectivity index (χ0n) is 10.4. The van der Waals surface area contributed by atoms with Gasteiger partial charge in [-0.3, -0.25) is 4.79 Å². The Morgan fingerprint density at radius 3 is 2.12 bits per heavy atom. The van der Waals surface area contributed by atoms with Gasteiger partial charge in [-0.25, -0.2) is 0 Å². The molecule has 1 unspecified atom stereocenters. The van der Waals surface area contributed by atoms with E-state index >= 15 is 0 Å². The van der Waals surface area contributed by atoms with Gasteiger partial charge < -0.3 is 5.11 Å². The summed E-state index contributed by atoms with van der Waals surface area (Å²) >= 11 is 0. The van der Waals surface area contributed by atoms with Gasteiger partial charge in [0.2, 0.25) is 0 Å². The van der Waals surface area contributed by atoms with Crippen molar-refractivity contribution >= 4 is 5.97 Å². The normalized spacial score (nSPS) is 13.5. The van der Waals surface area contributed by atoms with Crippen LogP contribution in [0.2, 0.25) is 0 Å². The Labute approximate surface area is 97.3 Å². The summed E-state index contributed by atoms with van der Waals surface area (Å²) in [7, 11) is 0. The average Bonchev–Trinajstić information content (AvgIpc) is 2.15. The van der Waals surface area contributed by atoms with Gasteiger partial charge in [0.25, 0.3) is 0 Å². The molecule has 2 heteroatoms. The van der Waals surface area contributed by atoms with Gasteiger partial charge in [0, 0.05) is 0 Å². The van der Waals surface area contributed by atoms with Gasteiger partial charge in [0.1, 0.15) is 0 Å². The van der Waals surface area contributed by atoms with E-state index in [0.29, 0.717) is 5.92 Å². The molecule has 2 nitrogen and oxygen atoms in total. The predicted molar refractivity (Wildman–Crippen MR) is 65.7 cm³/mol. The number of carboxylic acids is 1. The first-order chi connectivity index (χ1) is 7.30. The summed E-state index contributed by atoms with van der Waals surface area (Å²) < 4.78 is 0. The summed E-state index contributed by atoms with van der Waals surface area (Å²) in [6, 6.07) is 7.89. The molecule has 1 N–H and O–H groups in total. The molecule has 0 amide bonds. The fourth-order valence-electron chi connectivity index (χ4n) is 1.60. The number of hydrogen-bond acceptors (Lipinski definition) is 1. The Hall–Kier alpha value is -1.31. The molecule has 88 valence electrons. The van der Waals surface area contributed by atoms with Crippen molar-refractivity contribution in [1.82, 2.24) is 0 Å². The number of carbonyl (C=O) groups is 1. The topological polar surface area (TPSA) is 37.3 Å². The molecule has 0 aliphatic rings. The molecule has 0 aliphatic heterocycles. The maximum Gasteiger partial charge on any atom is 0.307 e. The first-order valence-electron chi connectivity index (χ1n) is 5.61. The Morgan fingerprint density at radius 2 is 1.75 bits per heavy atom. The monoisotopic (exact) mass is 220 g/mol. The highest BCUT2D eigenvalue weighted by atomic mass is 16.4. The zero-order chi connectivity index (χ0) is 12.3. The maximum absolute atomic E-state index is 10.5. The van der Waals surface area contributed by atoms with Crippen LogP contribution in [0.4, 0.5) is 0 Å². The molecule has 0 saturated heterocycles. The first-order valence-corrected chi connectivity index (χ1v) is 5.61. The largest absolute Gasteiger partial charge is 0.481 e. The standard InChI is InChI=1S/C14H20O2/c1-10(14(2,3)4)12-7-5-11(6-8-12)9-13(15)16/h5-8,10H,9H2,1-4H3,(H,15,16). The molecule has 0 saturated carbocycles. The van der Waals surface area contributed by atoms with Gasteiger partial charge in [-0.1, -0.05) is 52.0 Å². The number of rotatable bonds is 3. The number of carboxylic acid groups (broad SMARTS) is 1. The van der Waals surface area contributed by atoms with Crippen LogP contribution in [-0.2, 0) is 11.2 Å². The molecule has 1 rings (SSSR count). The van der Waals surface area contributed by atoms with Crippen LogP contribution in [0, 0.1) is 5.41 Å². The Balaban J connectivity index is 2.83. The Kier molecular flexibility index (Phi) is 3.74. The van der Waals surface area contributed by atoms with Crippen LogP contribution >= 0.6 is 0 Å². The van der Waals surface area contributed by atoms with Crippen LogP contribution in [0.25, 0.3) is 0 Å². The van der Waals surface area contributed by atoms with Crippen molar-refractivity contribution < 1.29 is 9.90 Å². The third kappa shape index (κ3) is 3.37. The molecule has 0 aromatic heterocycles. The summed E-state index contributed by atoms with van der Waals surface area (Å²) in [6.07, 6.45) is 0.101. The van der Waals surface area contributed by atoms with Gasteiger partial charge in [-0.2, -0.15) is 0 Å². The summed E-state index contributed by atoms with van der Waals surface area (Å²) in [4.78, 5) is 10.5. The van der Waals surface area contributed by atoms with E-state index in [1.807, 2.05) is 24.3 Å². The van der Waals surface area contributed by atoms with E-state index < -0.39 is 5.97 Å². The van der Waals surface area contributed by atoms with E-state index in [2.05, 4.69) is 27.7 Å². The molecule has 1 atom stereocenters. The summed E-state index contributed by atoms with van der Waals surface area (Å²) in [5, 5.41) is 8.67. The van der Waals surface area contributed by atoms with Crippen LogP contribution in [0.15, 0.2) is 24.3 Å². The van der Waals surface area contributed by atoms with E-state index in [4.69, 9.17) is 5.11 Å². The molecule has 16 heavy (non-hydrogen) atoms. The SMILES string of the molecule is CC(c1ccc(CC(=O)O)cc1)C(C)(C)C. The van der Waals surface area contributed by atoms with Crippen molar-refractivity contribution in [2.75, 3.05) is 0 Å². The van der Waals surface area contributed by atoms with Crippen molar-refractivity contribution in [3.05, 3.63) is 35.4 Å². The molecule has 0 bridgehead atoms. The molecular weight excluding hydrogens is 200 g/mol. The van der Waals surface area contributed by atoms with Crippen LogP contribution in [0.5, 0.6) is 0 Å². The quantitative estimate of drug-likeness (QED) is 0.847. The van der Waals surface area contributed by atoms with Crippen molar-refractivity contribution in [3.63, 3.8) is 0 Å².